The molecule has 8 heteroatoms. The van der Waals surface area contributed by atoms with Crippen molar-refractivity contribution in [1.82, 2.24) is 4.72 Å². The van der Waals surface area contributed by atoms with E-state index in [1.54, 1.807) is 0 Å². The Hall–Kier alpha value is -0.920. The summed E-state index contributed by atoms with van der Waals surface area (Å²) in [6.45, 7) is 0. The number of carbonyl (C=O) groups excluding carboxylic acids is 1. The van der Waals surface area contributed by atoms with E-state index in [0.29, 0.717) is 0 Å². The maximum absolute atomic E-state index is 11.3. The van der Waals surface area contributed by atoms with E-state index in [4.69, 9.17) is 0 Å². The van der Waals surface area contributed by atoms with Crippen LogP contribution in [0.4, 0.5) is 13.6 Å². The first kappa shape index (κ1) is 9.08. The van der Waals surface area contributed by atoms with Crippen molar-refractivity contribution in [2.24, 2.45) is 5.73 Å². The van der Waals surface area contributed by atoms with Gasteiger partial charge in [-0.3, -0.25) is 0 Å². The Morgan fingerprint density at radius 1 is 1.50 bits per heavy atom. The van der Waals surface area contributed by atoms with Gasteiger partial charge in [0.15, 0.2) is 0 Å². The van der Waals surface area contributed by atoms with E-state index in [9.17, 15) is 22.0 Å². The molecule has 2 amide bonds. The molecular weight excluding hydrogens is 170 g/mol. The zero-order chi connectivity index (χ0) is 8.36. The van der Waals surface area contributed by atoms with Crippen LogP contribution in [0.25, 0.3) is 0 Å². The normalized spacial score (nSPS) is 11.5. The molecule has 0 aliphatic heterocycles. The van der Waals surface area contributed by atoms with Gasteiger partial charge in [0.1, 0.15) is 0 Å². The Balaban J connectivity index is 4.31. The van der Waals surface area contributed by atoms with E-state index in [1.165, 1.54) is 0 Å². The fourth-order valence-corrected chi connectivity index (χ4v) is 0.554. The molecule has 0 bridgehead atoms. The predicted molar refractivity (Wildman–Crippen MR) is 27.6 cm³/mol. The molecule has 0 unspecified atom stereocenters. The third-order valence-electron chi connectivity index (χ3n) is 0.477. The highest BCUT2D eigenvalue weighted by atomic mass is 32.2. The smallest absolute Gasteiger partial charge is 0.351 e. The van der Waals surface area contributed by atoms with Crippen molar-refractivity contribution >= 4 is 16.1 Å². The Labute approximate surface area is 55.2 Å². The van der Waals surface area contributed by atoms with Crippen LogP contribution >= 0.6 is 0 Å². The number of alkyl halides is 2. The molecule has 5 nitrogen and oxygen atoms in total. The molecule has 10 heavy (non-hydrogen) atoms. The Kier molecular flexibility index (Phi) is 2.52. The van der Waals surface area contributed by atoms with Gasteiger partial charge in [0.2, 0.25) is 0 Å². The average Bonchev–Trinajstić information content (AvgIpc) is 1.60. The number of rotatable bonds is 2. The van der Waals surface area contributed by atoms with Crippen molar-refractivity contribution in [2.45, 2.75) is 5.76 Å². The van der Waals surface area contributed by atoms with E-state index >= 15 is 0 Å². The minimum Gasteiger partial charge on any atom is -0.351 e. The third kappa shape index (κ3) is 2.58. The first-order chi connectivity index (χ1) is 4.36. The molecule has 0 saturated heterocycles. The molecule has 0 heterocycles. The largest absolute Gasteiger partial charge is 0.355 e. The second-order valence-corrected chi connectivity index (χ2v) is 2.92. The van der Waals surface area contributed by atoms with Crippen LogP contribution in [0.5, 0.6) is 0 Å². The summed E-state index contributed by atoms with van der Waals surface area (Å²) in [6, 6.07) is -1.53. The van der Waals surface area contributed by atoms with Crippen LogP contribution in [0.3, 0.4) is 0 Å². The molecule has 0 aromatic heterocycles. The minimum absolute atomic E-state index is 0.880. The fraction of sp³-hybridized carbons (Fsp3) is 0.500. The van der Waals surface area contributed by atoms with Crippen molar-refractivity contribution in [3.05, 3.63) is 0 Å². The van der Waals surface area contributed by atoms with E-state index in [2.05, 4.69) is 5.73 Å². The van der Waals surface area contributed by atoms with Crippen LogP contribution in [0, 0.1) is 0 Å². The lowest BCUT2D eigenvalue weighted by molar-refractivity contribution is 0.229. The van der Waals surface area contributed by atoms with Gasteiger partial charge in [-0.2, -0.15) is 8.78 Å². The SMILES string of the molecule is NC(=O)NS(=O)(=O)C(F)F. The zero-order valence-corrected chi connectivity index (χ0v) is 5.36. The summed E-state index contributed by atoms with van der Waals surface area (Å²) >= 11 is 0. The van der Waals surface area contributed by atoms with Crippen molar-refractivity contribution < 1.29 is 22.0 Å². The van der Waals surface area contributed by atoms with Gasteiger partial charge in [0.25, 0.3) is 10.0 Å². The number of sulfonamides is 1. The highest BCUT2D eigenvalue weighted by Gasteiger charge is 2.24. The van der Waals surface area contributed by atoms with E-state index in [1.807, 2.05) is 0 Å². The lowest BCUT2D eigenvalue weighted by Crippen LogP contribution is -2.38. The highest BCUT2D eigenvalue weighted by Crippen LogP contribution is 2.00. The second-order valence-electron chi connectivity index (χ2n) is 1.27. The van der Waals surface area contributed by atoms with Crippen molar-refractivity contribution in [3.63, 3.8) is 0 Å². The van der Waals surface area contributed by atoms with E-state index in [-0.39, 0.29) is 0 Å². The van der Waals surface area contributed by atoms with Gasteiger partial charge in [-0.25, -0.2) is 17.9 Å². The number of nitrogens with one attached hydrogen (secondary N) is 1. The van der Waals surface area contributed by atoms with Gasteiger partial charge in [-0.05, 0) is 0 Å². The minimum atomic E-state index is -4.86. The molecular formula is C2H4F2N2O3S. The Morgan fingerprint density at radius 3 is 2.00 bits per heavy atom. The molecule has 3 N–H and O–H groups in total. The van der Waals surface area contributed by atoms with Gasteiger partial charge < -0.3 is 5.73 Å². The first-order valence-electron chi connectivity index (χ1n) is 1.95. The summed E-state index contributed by atoms with van der Waals surface area (Å²) in [5.41, 5.74) is 4.25. The number of halogens is 2. The van der Waals surface area contributed by atoms with Crippen molar-refractivity contribution in [3.8, 4) is 0 Å². The summed E-state index contributed by atoms with van der Waals surface area (Å²) < 4.78 is 43.5. The fourth-order valence-electron chi connectivity index (χ4n) is 0.185. The molecule has 0 aliphatic carbocycles. The maximum atomic E-state index is 11.3. The van der Waals surface area contributed by atoms with Gasteiger partial charge in [0.05, 0.1) is 0 Å². The molecule has 0 aromatic carbocycles. The number of hydrogen-bond acceptors (Lipinski definition) is 3. The number of hydrogen-bond donors (Lipinski definition) is 2. The summed E-state index contributed by atoms with van der Waals surface area (Å²) in [4.78, 5) is 9.72. The molecule has 0 aliphatic rings. The number of primary amides is 1. The Bertz CT molecular complexity index is 223. The van der Waals surface area contributed by atoms with Crippen molar-refractivity contribution in [1.29, 1.82) is 0 Å². The molecule has 0 aromatic rings. The van der Waals surface area contributed by atoms with Gasteiger partial charge in [-0.1, -0.05) is 0 Å². The van der Waals surface area contributed by atoms with Gasteiger partial charge in [-0.15, -0.1) is 0 Å². The molecule has 0 radical (unpaired) electrons. The van der Waals surface area contributed by atoms with E-state index < -0.39 is 21.8 Å². The summed E-state index contributed by atoms with van der Waals surface area (Å²) in [5.74, 6) is -3.64. The number of amides is 2. The van der Waals surface area contributed by atoms with Gasteiger partial charge >= 0.3 is 11.8 Å². The van der Waals surface area contributed by atoms with Crippen LogP contribution in [-0.4, -0.2) is 20.2 Å². The zero-order valence-electron chi connectivity index (χ0n) is 4.54. The van der Waals surface area contributed by atoms with Crippen LogP contribution in [0.1, 0.15) is 0 Å². The second kappa shape index (κ2) is 2.78. The molecule has 0 saturated carbocycles. The van der Waals surface area contributed by atoms with E-state index in [0.717, 1.165) is 4.72 Å². The Morgan fingerprint density at radius 2 is 1.90 bits per heavy atom. The molecule has 0 spiro atoms. The third-order valence-corrected chi connectivity index (χ3v) is 1.43. The standard InChI is InChI=1S/C2H4F2N2O3S/c3-1(4)10(8,9)6-2(5)7/h1H,(H3,5,6,7). The maximum Gasteiger partial charge on any atom is 0.355 e. The number of nitrogens with two attached hydrogens (primary N) is 1. The predicted octanol–water partition coefficient (Wildman–Crippen LogP) is -0.793. The average molecular weight is 174 g/mol. The molecule has 60 valence electrons. The van der Waals surface area contributed by atoms with Crippen LogP contribution < -0.4 is 10.5 Å². The topological polar surface area (TPSA) is 89.3 Å². The first-order valence-corrected chi connectivity index (χ1v) is 3.50. The van der Waals surface area contributed by atoms with Crippen LogP contribution in [-0.2, 0) is 10.0 Å². The summed E-state index contributed by atoms with van der Waals surface area (Å²) in [5, 5.41) is 0. The molecule has 0 atom stereocenters. The van der Waals surface area contributed by atoms with Crippen LogP contribution in [0.15, 0.2) is 0 Å². The lowest BCUT2D eigenvalue weighted by Gasteiger charge is -2.00. The lowest BCUT2D eigenvalue weighted by atomic mass is 11.2. The number of urea groups is 1. The van der Waals surface area contributed by atoms with Crippen LogP contribution in [0.2, 0.25) is 0 Å². The number of carbonyl (C=O) groups is 1. The highest BCUT2D eigenvalue weighted by molar-refractivity contribution is 7.90. The summed E-state index contributed by atoms with van der Waals surface area (Å²) in [7, 11) is -4.86. The summed E-state index contributed by atoms with van der Waals surface area (Å²) in [6.07, 6.45) is 0. The quantitative estimate of drug-likeness (QED) is 0.574. The van der Waals surface area contributed by atoms with Gasteiger partial charge in [0, 0.05) is 0 Å². The molecule has 0 rings (SSSR count). The van der Waals surface area contributed by atoms with Crippen molar-refractivity contribution in [2.75, 3.05) is 0 Å². The molecule has 0 fully saturated rings. The monoisotopic (exact) mass is 174 g/mol.